The Balaban J connectivity index is 0.965. The van der Waals surface area contributed by atoms with Gasteiger partial charge in [0.1, 0.15) is 0 Å². The second kappa shape index (κ2) is 11.3. The van der Waals surface area contributed by atoms with Gasteiger partial charge in [0.05, 0.1) is 22.9 Å². The zero-order valence-electron chi connectivity index (χ0n) is 28.6. The molecule has 0 bridgehead atoms. The Morgan fingerprint density at radius 2 is 0.863 bits per heavy atom. The van der Waals surface area contributed by atoms with Gasteiger partial charge in [0, 0.05) is 21.8 Å². The van der Waals surface area contributed by atoms with Gasteiger partial charge in [-0.25, -0.2) is 4.98 Å². The molecule has 0 radical (unpaired) electrons. The SMILES string of the molecule is CC1(C)c2ccccc2-c2ccc(-c3cccc(-c4ccc(-c5cccc(-c6cnc7c8ccccc8c8ccccc8c7n6)c5)cc4)c3)cc21. The summed E-state index contributed by atoms with van der Waals surface area (Å²) in [5, 5.41) is 4.67. The molecule has 0 aliphatic heterocycles. The van der Waals surface area contributed by atoms with Crippen molar-refractivity contribution in [3.8, 4) is 55.8 Å². The molecule has 0 N–H and O–H groups in total. The summed E-state index contributed by atoms with van der Waals surface area (Å²) >= 11 is 0. The Morgan fingerprint density at radius 3 is 1.55 bits per heavy atom. The summed E-state index contributed by atoms with van der Waals surface area (Å²) < 4.78 is 0. The highest BCUT2D eigenvalue weighted by Crippen LogP contribution is 2.49. The molecule has 0 fully saturated rings. The summed E-state index contributed by atoms with van der Waals surface area (Å²) in [6, 6.07) is 59.3. The van der Waals surface area contributed by atoms with E-state index in [9.17, 15) is 0 Å². The van der Waals surface area contributed by atoms with Gasteiger partial charge in [0.25, 0.3) is 0 Å². The molecule has 9 aromatic rings. The second-order valence-corrected chi connectivity index (χ2v) is 14.2. The van der Waals surface area contributed by atoms with Crippen LogP contribution >= 0.6 is 0 Å². The third-order valence-electron chi connectivity index (χ3n) is 10.9. The molecule has 0 amide bonds. The highest BCUT2D eigenvalue weighted by molar-refractivity contribution is 6.23. The van der Waals surface area contributed by atoms with E-state index in [-0.39, 0.29) is 5.41 Å². The molecule has 0 atom stereocenters. The Bertz CT molecular complexity index is 2790. The molecule has 0 saturated heterocycles. The van der Waals surface area contributed by atoms with Crippen molar-refractivity contribution in [2.75, 3.05) is 0 Å². The fourth-order valence-corrected chi connectivity index (χ4v) is 8.24. The third kappa shape index (κ3) is 4.71. The van der Waals surface area contributed by atoms with Crippen LogP contribution in [0.3, 0.4) is 0 Å². The Kier molecular flexibility index (Phi) is 6.56. The van der Waals surface area contributed by atoms with Crippen molar-refractivity contribution in [3.05, 3.63) is 181 Å². The van der Waals surface area contributed by atoms with Crippen LogP contribution in [0.4, 0.5) is 0 Å². The Morgan fingerprint density at radius 1 is 0.373 bits per heavy atom. The van der Waals surface area contributed by atoms with Crippen molar-refractivity contribution in [1.82, 2.24) is 9.97 Å². The molecule has 0 saturated carbocycles. The van der Waals surface area contributed by atoms with Crippen molar-refractivity contribution in [2.45, 2.75) is 19.3 Å². The predicted octanol–water partition coefficient (Wildman–Crippen LogP) is 12.9. The molecule has 51 heavy (non-hydrogen) atoms. The lowest BCUT2D eigenvalue weighted by molar-refractivity contribution is 0.660. The molecule has 8 aromatic carbocycles. The summed E-state index contributed by atoms with van der Waals surface area (Å²) in [6.45, 7) is 4.68. The van der Waals surface area contributed by atoms with E-state index in [2.05, 4.69) is 178 Å². The molecule has 2 nitrogen and oxygen atoms in total. The smallest absolute Gasteiger partial charge is 0.0979 e. The van der Waals surface area contributed by atoms with Crippen LogP contribution in [-0.4, -0.2) is 9.97 Å². The first-order valence-corrected chi connectivity index (χ1v) is 17.7. The van der Waals surface area contributed by atoms with E-state index in [4.69, 9.17) is 9.97 Å². The van der Waals surface area contributed by atoms with Crippen LogP contribution in [0.2, 0.25) is 0 Å². The maximum atomic E-state index is 5.22. The standard InChI is InChI=1S/C49H34N2/c1-49(2)44-20-8-7-17-40(44)41-26-25-36(29-45(41)49)35-13-9-11-33(27-35)31-21-23-32(24-22-31)34-12-10-14-37(28-34)46-30-50-47-42-18-5-3-15-38(42)39-16-4-6-19-43(39)48(47)51-46/h3-30H,1-2H3. The van der Waals surface area contributed by atoms with Gasteiger partial charge in [0.15, 0.2) is 0 Å². The summed E-state index contributed by atoms with van der Waals surface area (Å²) in [5.74, 6) is 0. The average molecular weight is 651 g/mol. The average Bonchev–Trinajstić information content (AvgIpc) is 3.43. The summed E-state index contributed by atoms with van der Waals surface area (Å²) in [4.78, 5) is 10.2. The molecule has 2 heteroatoms. The maximum absolute atomic E-state index is 5.22. The van der Waals surface area contributed by atoms with Gasteiger partial charge in [0.2, 0.25) is 0 Å². The summed E-state index contributed by atoms with van der Waals surface area (Å²) in [6.07, 6.45) is 1.92. The third-order valence-corrected chi connectivity index (χ3v) is 10.9. The maximum Gasteiger partial charge on any atom is 0.0979 e. The second-order valence-electron chi connectivity index (χ2n) is 14.2. The summed E-state index contributed by atoms with van der Waals surface area (Å²) in [5.41, 5.74) is 16.5. The molecule has 1 heterocycles. The minimum Gasteiger partial charge on any atom is -0.252 e. The van der Waals surface area contributed by atoms with Crippen LogP contribution in [0.15, 0.2) is 170 Å². The van der Waals surface area contributed by atoms with Crippen LogP contribution in [0.1, 0.15) is 25.0 Å². The number of fused-ring (bicyclic) bond motifs is 9. The van der Waals surface area contributed by atoms with E-state index < -0.39 is 0 Å². The normalized spacial score (nSPS) is 13.1. The van der Waals surface area contributed by atoms with Crippen molar-refractivity contribution < 1.29 is 0 Å². The van der Waals surface area contributed by atoms with E-state index in [1.807, 2.05) is 6.20 Å². The number of aromatic nitrogens is 2. The van der Waals surface area contributed by atoms with Crippen molar-refractivity contribution in [1.29, 1.82) is 0 Å². The molecule has 1 aliphatic carbocycles. The molecule has 1 aromatic heterocycles. The van der Waals surface area contributed by atoms with Crippen molar-refractivity contribution >= 4 is 32.6 Å². The lowest BCUT2D eigenvalue weighted by Crippen LogP contribution is -2.14. The first-order valence-electron chi connectivity index (χ1n) is 17.7. The summed E-state index contributed by atoms with van der Waals surface area (Å²) in [7, 11) is 0. The fraction of sp³-hybridized carbons (Fsp3) is 0.0612. The van der Waals surface area contributed by atoms with Gasteiger partial charge in [-0.15, -0.1) is 0 Å². The molecule has 0 spiro atoms. The van der Waals surface area contributed by atoms with Crippen LogP contribution in [-0.2, 0) is 5.41 Å². The number of rotatable bonds is 4. The first kappa shape index (κ1) is 29.5. The zero-order valence-corrected chi connectivity index (χ0v) is 28.6. The fourth-order valence-electron chi connectivity index (χ4n) is 8.24. The first-order chi connectivity index (χ1) is 25.0. The zero-order chi connectivity index (χ0) is 34.1. The van der Waals surface area contributed by atoms with E-state index in [1.165, 1.54) is 60.8 Å². The van der Waals surface area contributed by atoms with Gasteiger partial charge >= 0.3 is 0 Å². The monoisotopic (exact) mass is 650 g/mol. The highest BCUT2D eigenvalue weighted by Gasteiger charge is 2.35. The molecule has 10 rings (SSSR count). The van der Waals surface area contributed by atoms with Crippen LogP contribution < -0.4 is 0 Å². The largest absolute Gasteiger partial charge is 0.252 e. The van der Waals surface area contributed by atoms with E-state index in [0.717, 1.165) is 38.6 Å². The van der Waals surface area contributed by atoms with Crippen LogP contribution in [0, 0.1) is 0 Å². The minimum absolute atomic E-state index is 0.0170. The lowest BCUT2D eigenvalue weighted by Gasteiger charge is -2.22. The van der Waals surface area contributed by atoms with Gasteiger partial charge < -0.3 is 0 Å². The topological polar surface area (TPSA) is 25.8 Å². The van der Waals surface area contributed by atoms with Gasteiger partial charge in [-0.1, -0.05) is 159 Å². The Hall–Kier alpha value is -6.38. The number of hydrogen-bond acceptors (Lipinski definition) is 2. The number of benzene rings is 8. The van der Waals surface area contributed by atoms with Crippen molar-refractivity contribution in [2.24, 2.45) is 0 Å². The predicted molar refractivity (Wildman–Crippen MR) is 214 cm³/mol. The van der Waals surface area contributed by atoms with E-state index in [0.29, 0.717) is 0 Å². The molecular formula is C49H34N2. The lowest BCUT2D eigenvalue weighted by atomic mass is 9.81. The number of hydrogen-bond donors (Lipinski definition) is 0. The quantitative estimate of drug-likeness (QED) is 0.177. The molecule has 0 unspecified atom stereocenters. The molecule has 240 valence electrons. The van der Waals surface area contributed by atoms with E-state index >= 15 is 0 Å². The van der Waals surface area contributed by atoms with Gasteiger partial charge in [-0.3, -0.25) is 4.98 Å². The van der Waals surface area contributed by atoms with E-state index in [1.54, 1.807) is 0 Å². The van der Waals surface area contributed by atoms with Gasteiger partial charge in [-0.05, 0) is 84.6 Å². The van der Waals surface area contributed by atoms with Crippen molar-refractivity contribution in [3.63, 3.8) is 0 Å². The highest BCUT2D eigenvalue weighted by atomic mass is 14.8. The Labute approximate surface area is 297 Å². The van der Waals surface area contributed by atoms with Crippen LogP contribution in [0.25, 0.3) is 88.3 Å². The minimum atomic E-state index is -0.0170. The number of nitrogens with zero attached hydrogens (tertiary/aromatic N) is 2. The molecular weight excluding hydrogens is 617 g/mol. The van der Waals surface area contributed by atoms with Gasteiger partial charge in [-0.2, -0.15) is 0 Å². The molecule has 1 aliphatic rings. The van der Waals surface area contributed by atoms with Crippen LogP contribution in [0.5, 0.6) is 0 Å².